The Morgan fingerprint density at radius 3 is 2.52 bits per heavy atom. The van der Waals surface area contributed by atoms with E-state index in [-0.39, 0.29) is 10.6 Å². The number of rotatable bonds is 5. The molecule has 6 nitrogen and oxygen atoms in total. The number of nitrogens with zero attached hydrogens (tertiary/aromatic N) is 2. The Bertz CT molecular complexity index is 599. The molecule has 7 heteroatoms. The van der Waals surface area contributed by atoms with Gasteiger partial charge < -0.3 is 10.6 Å². The lowest BCUT2D eigenvalue weighted by Gasteiger charge is -2.26. The summed E-state index contributed by atoms with van der Waals surface area (Å²) in [6, 6.07) is 5.51. The quantitative estimate of drug-likeness (QED) is 0.786. The Hall–Kier alpha value is -1.31. The minimum Gasteiger partial charge on any atom is -0.398 e. The predicted molar refractivity (Wildman–Crippen MR) is 85.8 cm³/mol. The second-order valence-electron chi connectivity index (χ2n) is 5.38. The van der Waals surface area contributed by atoms with Gasteiger partial charge in [-0.3, -0.25) is 4.90 Å². The zero-order chi connectivity index (χ0) is 15.6. The van der Waals surface area contributed by atoms with Gasteiger partial charge in [-0.05, 0) is 37.7 Å². The minimum atomic E-state index is -3.76. The van der Waals surface area contributed by atoms with Crippen molar-refractivity contribution in [1.29, 1.82) is 0 Å². The number of hydrogen-bond acceptors (Lipinski definition) is 5. The molecule has 1 aromatic carbocycles. The SMILES string of the molecule is CCN(CC)C1CCN(c2ccc(S(N)(=O)=O)c(N)c2)C1. The minimum absolute atomic E-state index is 0.00857. The van der Waals surface area contributed by atoms with Crippen LogP contribution in [-0.4, -0.2) is 45.5 Å². The monoisotopic (exact) mass is 312 g/mol. The van der Waals surface area contributed by atoms with Gasteiger partial charge in [0.05, 0.1) is 5.69 Å². The molecule has 2 rings (SSSR count). The van der Waals surface area contributed by atoms with Gasteiger partial charge >= 0.3 is 0 Å². The van der Waals surface area contributed by atoms with E-state index in [9.17, 15) is 8.42 Å². The Morgan fingerprint density at radius 2 is 2.00 bits per heavy atom. The molecule has 1 fully saturated rings. The molecule has 21 heavy (non-hydrogen) atoms. The second kappa shape index (κ2) is 6.21. The summed E-state index contributed by atoms with van der Waals surface area (Å²) in [6.07, 6.45) is 1.11. The number of hydrogen-bond donors (Lipinski definition) is 2. The molecule has 1 atom stereocenters. The summed E-state index contributed by atoms with van der Waals surface area (Å²) in [6.45, 7) is 8.32. The van der Waals surface area contributed by atoms with Crippen molar-refractivity contribution >= 4 is 21.4 Å². The average molecular weight is 312 g/mol. The van der Waals surface area contributed by atoms with Gasteiger partial charge in [-0.2, -0.15) is 0 Å². The van der Waals surface area contributed by atoms with Gasteiger partial charge in [-0.25, -0.2) is 13.6 Å². The maximum absolute atomic E-state index is 11.4. The lowest BCUT2D eigenvalue weighted by molar-refractivity contribution is 0.232. The molecule has 0 bridgehead atoms. The molecule has 1 unspecified atom stereocenters. The Labute approximate surface area is 126 Å². The van der Waals surface area contributed by atoms with Crippen LogP contribution in [0.4, 0.5) is 11.4 Å². The first-order chi connectivity index (χ1) is 9.86. The molecule has 1 aromatic rings. The number of nitrogen functional groups attached to an aromatic ring is 1. The van der Waals surface area contributed by atoms with E-state index in [4.69, 9.17) is 10.9 Å². The highest BCUT2D eigenvalue weighted by atomic mass is 32.2. The van der Waals surface area contributed by atoms with E-state index >= 15 is 0 Å². The van der Waals surface area contributed by atoms with Crippen molar-refractivity contribution in [3.8, 4) is 0 Å². The smallest absolute Gasteiger partial charge is 0.240 e. The van der Waals surface area contributed by atoms with Gasteiger partial charge in [-0.15, -0.1) is 0 Å². The molecule has 0 amide bonds. The normalized spacial score (nSPS) is 19.4. The van der Waals surface area contributed by atoms with Crippen LogP contribution in [-0.2, 0) is 10.0 Å². The molecule has 0 radical (unpaired) electrons. The van der Waals surface area contributed by atoms with E-state index < -0.39 is 10.0 Å². The van der Waals surface area contributed by atoms with E-state index in [1.165, 1.54) is 6.07 Å². The highest BCUT2D eigenvalue weighted by Gasteiger charge is 2.26. The van der Waals surface area contributed by atoms with Crippen LogP contribution in [0.2, 0.25) is 0 Å². The molecular formula is C14H24N4O2S. The number of primary sulfonamides is 1. The Balaban J connectivity index is 2.16. The first-order valence-corrected chi connectivity index (χ1v) is 8.82. The van der Waals surface area contributed by atoms with Crippen molar-refractivity contribution in [2.24, 2.45) is 5.14 Å². The van der Waals surface area contributed by atoms with E-state index in [1.54, 1.807) is 12.1 Å². The third-order valence-electron chi connectivity index (χ3n) is 4.16. The van der Waals surface area contributed by atoms with Crippen LogP contribution in [0.3, 0.4) is 0 Å². The van der Waals surface area contributed by atoms with Gasteiger partial charge in [0.2, 0.25) is 10.0 Å². The van der Waals surface area contributed by atoms with Crippen LogP contribution in [0.25, 0.3) is 0 Å². The van der Waals surface area contributed by atoms with Gasteiger partial charge in [0.15, 0.2) is 0 Å². The number of likely N-dealkylation sites (N-methyl/N-ethyl adjacent to an activating group) is 1. The van der Waals surface area contributed by atoms with Crippen molar-refractivity contribution in [3.05, 3.63) is 18.2 Å². The highest BCUT2D eigenvalue weighted by molar-refractivity contribution is 7.89. The zero-order valence-electron chi connectivity index (χ0n) is 12.6. The molecule has 1 aliphatic rings. The first-order valence-electron chi connectivity index (χ1n) is 7.28. The summed E-state index contributed by atoms with van der Waals surface area (Å²) < 4.78 is 22.8. The van der Waals surface area contributed by atoms with E-state index in [2.05, 4.69) is 23.6 Å². The fourth-order valence-corrected chi connectivity index (χ4v) is 3.65. The lowest BCUT2D eigenvalue weighted by atomic mass is 10.2. The van der Waals surface area contributed by atoms with Crippen LogP contribution < -0.4 is 15.8 Å². The van der Waals surface area contributed by atoms with Crippen LogP contribution in [0.5, 0.6) is 0 Å². The molecule has 1 heterocycles. The van der Waals surface area contributed by atoms with E-state index in [0.29, 0.717) is 6.04 Å². The summed E-state index contributed by atoms with van der Waals surface area (Å²) in [5, 5.41) is 5.13. The molecule has 1 saturated heterocycles. The largest absolute Gasteiger partial charge is 0.398 e. The molecule has 118 valence electrons. The highest BCUT2D eigenvalue weighted by Crippen LogP contribution is 2.27. The maximum atomic E-state index is 11.4. The van der Waals surface area contributed by atoms with Crippen LogP contribution in [0, 0.1) is 0 Å². The van der Waals surface area contributed by atoms with Crippen LogP contribution in [0.1, 0.15) is 20.3 Å². The predicted octanol–water partition coefficient (Wildman–Crippen LogP) is 0.837. The molecule has 0 saturated carbocycles. The maximum Gasteiger partial charge on any atom is 0.240 e. The summed E-state index contributed by atoms with van der Waals surface area (Å²) in [5.74, 6) is 0. The van der Waals surface area contributed by atoms with Gasteiger partial charge in [0.25, 0.3) is 0 Å². The van der Waals surface area contributed by atoms with E-state index in [0.717, 1.165) is 38.3 Å². The van der Waals surface area contributed by atoms with Gasteiger partial charge in [0.1, 0.15) is 4.90 Å². The fourth-order valence-electron chi connectivity index (χ4n) is 3.01. The summed E-state index contributed by atoms with van der Waals surface area (Å²) in [7, 11) is -3.76. The number of nitrogens with two attached hydrogens (primary N) is 2. The van der Waals surface area contributed by atoms with Crippen molar-refractivity contribution in [2.45, 2.75) is 31.2 Å². The average Bonchev–Trinajstić information content (AvgIpc) is 2.88. The third-order valence-corrected chi connectivity index (χ3v) is 5.14. The molecule has 4 N–H and O–H groups in total. The third kappa shape index (κ3) is 3.48. The first kappa shape index (κ1) is 16.1. The zero-order valence-corrected chi connectivity index (χ0v) is 13.4. The van der Waals surface area contributed by atoms with Crippen molar-refractivity contribution in [2.75, 3.05) is 36.8 Å². The van der Waals surface area contributed by atoms with Crippen LogP contribution in [0.15, 0.2) is 23.1 Å². The summed E-state index contributed by atoms with van der Waals surface area (Å²) in [5.41, 5.74) is 6.99. The number of anilines is 2. The van der Waals surface area contributed by atoms with Gasteiger partial charge in [0, 0.05) is 24.8 Å². The lowest BCUT2D eigenvalue weighted by Crippen LogP contribution is -2.37. The molecule has 1 aliphatic heterocycles. The number of sulfonamides is 1. The van der Waals surface area contributed by atoms with Crippen molar-refractivity contribution < 1.29 is 8.42 Å². The van der Waals surface area contributed by atoms with Crippen LogP contribution >= 0.6 is 0 Å². The molecule has 0 aromatic heterocycles. The Morgan fingerprint density at radius 1 is 1.33 bits per heavy atom. The van der Waals surface area contributed by atoms with Crippen molar-refractivity contribution in [1.82, 2.24) is 4.90 Å². The molecule has 0 spiro atoms. The topological polar surface area (TPSA) is 92.7 Å². The summed E-state index contributed by atoms with van der Waals surface area (Å²) >= 11 is 0. The van der Waals surface area contributed by atoms with Crippen molar-refractivity contribution in [3.63, 3.8) is 0 Å². The Kier molecular flexibility index (Phi) is 4.75. The standard InChI is InChI=1S/C14H24N4O2S/c1-3-17(4-2)12-7-8-18(10-12)11-5-6-14(13(15)9-11)21(16,19)20/h5-6,9,12H,3-4,7-8,10,15H2,1-2H3,(H2,16,19,20). The molecular weight excluding hydrogens is 288 g/mol. The molecule has 0 aliphatic carbocycles. The van der Waals surface area contributed by atoms with Gasteiger partial charge in [-0.1, -0.05) is 13.8 Å². The second-order valence-corrected chi connectivity index (χ2v) is 6.91. The fraction of sp³-hybridized carbons (Fsp3) is 0.571. The summed E-state index contributed by atoms with van der Waals surface area (Å²) in [4.78, 5) is 4.68. The number of benzene rings is 1. The van der Waals surface area contributed by atoms with E-state index in [1.807, 2.05) is 0 Å².